The van der Waals surface area contributed by atoms with Crippen molar-refractivity contribution in [2.24, 2.45) is 0 Å². The maximum Gasteiger partial charge on any atom is 0.262 e. The molecule has 212 valence electrons. The number of pyridine rings is 1. The molecule has 0 amide bonds. The van der Waals surface area contributed by atoms with E-state index in [0.29, 0.717) is 30.5 Å². The van der Waals surface area contributed by atoms with Crippen LogP contribution in [-0.2, 0) is 34.2 Å². The number of carbonyl (C=O) groups excluding carboxylic acids is 1. The molecule has 0 radical (unpaired) electrons. The van der Waals surface area contributed by atoms with Crippen LogP contribution in [0, 0.1) is 0 Å². The molecule has 0 bridgehead atoms. The summed E-state index contributed by atoms with van der Waals surface area (Å²) in [5, 5.41) is 0. The first-order valence-electron chi connectivity index (χ1n) is 14.0. The van der Waals surface area contributed by atoms with E-state index >= 15 is 0 Å². The third-order valence-corrected chi connectivity index (χ3v) is 8.88. The monoisotopic (exact) mass is 568 g/mol. The van der Waals surface area contributed by atoms with Gasteiger partial charge in [0.05, 0.1) is 4.90 Å². The summed E-state index contributed by atoms with van der Waals surface area (Å²) in [6.07, 6.45) is 4.89. The molecular formula is C33H36N4O3S. The zero-order chi connectivity index (χ0) is 28.7. The zero-order valence-corrected chi connectivity index (χ0v) is 24.2. The Hall–Kier alpha value is -3.85. The first-order chi connectivity index (χ1) is 19.9. The van der Waals surface area contributed by atoms with Crippen molar-refractivity contribution < 1.29 is 13.2 Å². The lowest BCUT2D eigenvalue weighted by atomic mass is 10.0. The zero-order valence-electron chi connectivity index (χ0n) is 23.4. The Bertz CT molecular complexity index is 1570. The number of ketones is 1. The Labute approximate surface area is 242 Å². The van der Waals surface area contributed by atoms with Crippen molar-refractivity contribution in [2.45, 2.75) is 30.7 Å². The van der Waals surface area contributed by atoms with E-state index in [9.17, 15) is 13.2 Å². The fraction of sp³-hybridized carbons (Fsp3) is 0.273. The Balaban J connectivity index is 1.25. The molecule has 0 aliphatic carbocycles. The van der Waals surface area contributed by atoms with Crippen molar-refractivity contribution in [1.82, 2.24) is 14.8 Å². The SMILES string of the molecule is CN1CCN(Cc2cccc(-c3ccccc3S(=O)(=O)Nc3ccc(CC(=O)CCc4cccnc4)cc3)c2)CC1. The number of hydrogen-bond acceptors (Lipinski definition) is 6. The number of sulfonamides is 1. The quantitative estimate of drug-likeness (QED) is 0.273. The van der Waals surface area contributed by atoms with Crippen molar-refractivity contribution >= 4 is 21.5 Å². The molecule has 41 heavy (non-hydrogen) atoms. The summed E-state index contributed by atoms with van der Waals surface area (Å²) in [6, 6.07) is 26.1. The van der Waals surface area contributed by atoms with E-state index in [1.54, 1.807) is 48.8 Å². The van der Waals surface area contributed by atoms with Crippen molar-refractivity contribution in [1.29, 1.82) is 0 Å². The Morgan fingerprint density at radius 1 is 0.854 bits per heavy atom. The number of likely N-dealkylation sites (N-methyl/N-ethyl adjacent to an activating group) is 1. The summed E-state index contributed by atoms with van der Waals surface area (Å²) in [5.41, 5.74) is 5.04. The number of aromatic nitrogens is 1. The predicted molar refractivity (Wildman–Crippen MR) is 163 cm³/mol. The molecule has 4 aromatic rings. The lowest BCUT2D eigenvalue weighted by Crippen LogP contribution is -2.43. The number of rotatable bonds is 11. The van der Waals surface area contributed by atoms with Crippen molar-refractivity contribution in [2.75, 3.05) is 37.9 Å². The third kappa shape index (κ3) is 7.88. The average molecular weight is 569 g/mol. The van der Waals surface area contributed by atoms with Crippen LogP contribution in [0.5, 0.6) is 0 Å². The van der Waals surface area contributed by atoms with Crippen LogP contribution in [0.25, 0.3) is 11.1 Å². The largest absolute Gasteiger partial charge is 0.304 e. The second-order valence-corrected chi connectivity index (χ2v) is 12.3. The van der Waals surface area contributed by atoms with Crippen molar-refractivity contribution in [3.63, 3.8) is 0 Å². The Morgan fingerprint density at radius 2 is 1.61 bits per heavy atom. The Kier molecular flexibility index (Phi) is 9.24. The highest BCUT2D eigenvalue weighted by Crippen LogP contribution is 2.30. The first kappa shape index (κ1) is 28.7. The van der Waals surface area contributed by atoms with Crippen LogP contribution in [0.1, 0.15) is 23.1 Å². The van der Waals surface area contributed by atoms with Gasteiger partial charge < -0.3 is 4.90 Å². The highest BCUT2D eigenvalue weighted by atomic mass is 32.2. The molecule has 0 unspecified atom stereocenters. The summed E-state index contributed by atoms with van der Waals surface area (Å²) in [6.45, 7) is 4.99. The fourth-order valence-corrected chi connectivity index (χ4v) is 6.38. The molecule has 0 spiro atoms. The smallest absolute Gasteiger partial charge is 0.262 e. The van der Waals surface area contributed by atoms with E-state index in [4.69, 9.17) is 0 Å². The summed E-state index contributed by atoms with van der Waals surface area (Å²) in [7, 11) is -1.71. The van der Waals surface area contributed by atoms with Crippen LogP contribution in [0.4, 0.5) is 5.69 Å². The van der Waals surface area contributed by atoms with Crippen LogP contribution in [0.3, 0.4) is 0 Å². The van der Waals surface area contributed by atoms with Crippen LogP contribution in [-0.4, -0.2) is 62.2 Å². The van der Waals surface area contributed by atoms with Crippen LogP contribution in [0.15, 0.2) is 102 Å². The highest BCUT2D eigenvalue weighted by Gasteiger charge is 2.20. The third-order valence-electron chi connectivity index (χ3n) is 7.44. The number of carbonyl (C=O) groups is 1. The maximum absolute atomic E-state index is 13.5. The van der Waals surface area contributed by atoms with Crippen molar-refractivity contribution in [3.8, 4) is 11.1 Å². The van der Waals surface area contributed by atoms with Gasteiger partial charge in [0.25, 0.3) is 10.0 Å². The molecule has 1 fully saturated rings. The number of Topliss-reactive ketones (excluding diaryl/α,β-unsaturated/α-hetero) is 1. The van der Waals surface area contributed by atoms with Gasteiger partial charge in [0, 0.05) is 69.2 Å². The molecule has 1 aliphatic rings. The summed E-state index contributed by atoms with van der Waals surface area (Å²) in [4.78, 5) is 21.5. The molecule has 1 N–H and O–H groups in total. The molecule has 7 nitrogen and oxygen atoms in total. The van der Waals surface area contributed by atoms with Gasteiger partial charge in [-0.2, -0.15) is 0 Å². The maximum atomic E-state index is 13.5. The van der Waals surface area contributed by atoms with Gasteiger partial charge in [-0.1, -0.05) is 54.6 Å². The van der Waals surface area contributed by atoms with E-state index in [2.05, 4.69) is 38.7 Å². The van der Waals surface area contributed by atoms with Gasteiger partial charge in [-0.05, 0) is 66.1 Å². The van der Waals surface area contributed by atoms with Crippen LogP contribution < -0.4 is 4.72 Å². The van der Waals surface area contributed by atoms with E-state index in [0.717, 1.165) is 55.0 Å². The lowest BCUT2D eigenvalue weighted by molar-refractivity contribution is -0.118. The van der Waals surface area contributed by atoms with Gasteiger partial charge in [-0.25, -0.2) is 8.42 Å². The van der Waals surface area contributed by atoms with E-state index in [1.165, 1.54) is 0 Å². The topological polar surface area (TPSA) is 82.6 Å². The number of hydrogen-bond donors (Lipinski definition) is 1. The number of aryl methyl sites for hydroxylation is 1. The molecular weight excluding hydrogens is 532 g/mol. The van der Waals surface area contributed by atoms with Gasteiger partial charge >= 0.3 is 0 Å². The van der Waals surface area contributed by atoms with Gasteiger partial charge in [0.1, 0.15) is 5.78 Å². The summed E-state index contributed by atoms with van der Waals surface area (Å²) in [5.74, 6) is 0.131. The van der Waals surface area contributed by atoms with E-state index in [1.807, 2.05) is 36.4 Å². The average Bonchev–Trinajstić information content (AvgIpc) is 2.99. The molecule has 5 rings (SSSR count). The number of nitrogens with zero attached hydrogens (tertiary/aromatic N) is 3. The minimum Gasteiger partial charge on any atom is -0.304 e. The highest BCUT2D eigenvalue weighted by molar-refractivity contribution is 7.92. The van der Waals surface area contributed by atoms with Crippen LogP contribution in [0.2, 0.25) is 0 Å². The van der Waals surface area contributed by atoms with Crippen LogP contribution >= 0.6 is 0 Å². The molecule has 0 atom stereocenters. The standard InChI is InChI=1S/C33H36N4O3S/c1-36-18-20-37(21-19-36)25-28-6-4-8-29(22-28)32-9-2-3-10-33(32)41(39,40)35-30-14-11-26(12-15-30)23-31(38)16-13-27-7-5-17-34-24-27/h2-12,14-15,17,22,24,35H,13,16,18-21,23,25H2,1H3. The number of benzene rings is 3. The first-order valence-corrected chi connectivity index (χ1v) is 15.5. The molecule has 2 heterocycles. The lowest BCUT2D eigenvalue weighted by Gasteiger charge is -2.32. The number of anilines is 1. The van der Waals surface area contributed by atoms with E-state index in [-0.39, 0.29) is 10.7 Å². The normalized spacial score (nSPS) is 14.6. The van der Waals surface area contributed by atoms with Gasteiger partial charge in [0.2, 0.25) is 0 Å². The molecule has 8 heteroatoms. The second-order valence-electron chi connectivity index (χ2n) is 10.7. The summed E-state index contributed by atoms with van der Waals surface area (Å²) >= 11 is 0. The molecule has 3 aromatic carbocycles. The Morgan fingerprint density at radius 3 is 2.37 bits per heavy atom. The molecule has 1 saturated heterocycles. The predicted octanol–water partition coefficient (Wildman–Crippen LogP) is 5.04. The second kappa shape index (κ2) is 13.2. The molecule has 0 saturated carbocycles. The van der Waals surface area contributed by atoms with Gasteiger partial charge in [-0.3, -0.25) is 19.4 Å². The fourth-order valence-electron chi connectivity index (χ4n) is 5.09. The van der Waals surface area contributed by atoms with E-state index < -0.39 is 10.0 Å². The molecule has 1 aliphatic heterocycles. The summed E-state index contributed by atoms with van der Waals surface area (Å²) < 4.78 is 29.8. The van der Waals surface area contributed by atoms with Gasteiger partial charge in [0.15, 0.2) is 0 Å². The minimum atomic E-state index is -3.85. The van der Waals surface area contributed by atoms with Crippen molar-refractivity contribution in [3.05, 3.63) is 114 Å². The number of nitrogens with one attached hydrogen (secondary N) is 1. The van der Waals surface area contributed by atoms with Gasteiger partial charge in [-0.15, -0.1) is 0 Å². The molecule has 1 aromatic heterocycles. The minimum absolute atomic E-state index is 0.131. The number of piperazine rings is 1.